The first-order valence-electron chi connectivity index (χ1n) is 8.02. The Labute approximate surface area is 146 Å². The van der Waals surface area contributed by atoms with Gasteiger partial charge in [0.05, 0.1) is 25.2 Å². The van der Waals surface area contributed by atoms with Crippen molar-refractivity contribution in [2.24, 2.45) is 5.92 Å². The highest BCUT2D eigenvalue weighted by Gasteiger charge is 2.45. The summed E-state index contributed by atoms with van der Waals surface area (Å²) >= 11 is 0. The number of carbonyl (C=O) groups is 4. The number of amides is 2. The highest BCUT2D eigenvalue weighted by atomic mass is 16.6. The summed E-state index contributed by atoms with van der Waals surface area (Å²) in [4.78, 5) is 47.0. The molecule has 2 atom stereocenters. The molecule has 142 valence electrons. The Bertz CT molecular complexity index is 541. The van der Waals surface area contributed by atoms with Crippen molar-refractivity contribution in [1.82, 2.24) is 10.6 Å². The second-order valence-electron chi connectivity index (χ2n) is 7.03. The number of ketones is 1. The van der Waals surface area contributed by atoms with Gasteiger partial charge in [-0.25, -0.2) is 4.79 Å². The third-order valence-corrected chi connectivity index (χ3v) is 3.81. The highest BCUT2D eigenvalue weighted by molar-refractivity contribution is 5.92. The molecule has 1 fully saturated rings. The van der Waals surface area contributed by atoms with E-state index in [-0.39, 0.29) is 38.3 Å². The summed E-state index contributed by atoms with van der Waals surface area (Å²) in [6.45, 7) is 4.53. The minimum atomic E-state index is -1.57. The van der Waals surface area contributed by atoms with E-state index in [0.717, 1.165) is 0 Å². The van der Waals surface area contributed by atoms with E-state index in [1.54, 1.807) is 20.8 Å². The lowest BCUT2D eigenvalue weighted by molar-refractivity contribution is -0.149. The summed E-state index contributed by atoms with van der Waals surface area (Å²) in [6, 6.07) is 0. The van der Waals surface area contributed by atoms with Crippen LogP contribution in [-0.4, -0.2) is 60.3 Å². The molecule has 0 spiro atoms. The van der Waals surface area contributed by atoms with Crippen LogP contribution in [0.25, 0.3) is 0 Å². The number of nitrogens with one attached hydrogen (secondary N) is 2. The lowest BCUT2D eigenvalue weighted by Gasteiger charge is -2.38. The van der Waals surface area contributed by atoms with E-state index in [1.807, 2.05) is 0 Å². The molecule has 1 heterocycles. The molecule has 1 saturated heterocycles. The molecule has 0 bridgehead atoms. The molecule has 0 aromatic carbocycles. The van der Waals surface area contributed by atoms with E-state index in [1.165, 1.54) is 7.11 Å². The minimum Gasteiger partial charge on any atom is -0.469 e. The van der Waals surface area contributed by atoms with Crippen LogP contribution < -0.4 is 10.6 Å². The smallest absolute Gasteiger partial charge is 0.408 e. The summed E-state index contributed by atoms with van der Waals surface area (Å²) < 4.78 is 9.57. The number of β-amino-alcohol motifs (C(OH)–C–C–N with tert-alkyl or cyclic N) is 1. The van der Waals surface area contributed by atoms with E-state index < -0.39 is 35.0 Å². The molecule has 3 N–H and O–H groups in total. The van der Waals surface area contributed by atoms with Crippen LogP contribution in [0.1, 0.15) is 40.0 Å². The number of hydrogen-bond donors (Lipinski definition) is 3. The van der Waals surface area contributed by atoms with Crippen LogP contribution in [-0.2, 0) is 23.9 Å². The van der Waals surface area contributed by atoms with Gasteiger partial charge in [0.25, 0.3) is 0 Å². The van der Waals surface area contributed by atoms with Crippen molar-refractivity contribution in [1.29, 1.82) is 0 Å². The lowest BCUT2D eigenvalue weighted by Crippen LogP contribution is -2.58. The number of aliphatic hydroxyl groups is 1. The van der Waals surface area contributed by atoms with Gasteiger partial charge in [0.15, 0.2) is 5.78 Å². The summed E-state index contributed by atoms with van der Waals surface area (Å²) in [5, 5.41) is 15.5. The van der Waals surface area contributed by atoms with Crippen LogP contribution in [0.3, 0.4) is 0 Å². The van der Waals surface area contributed by atoms with Gasteiger partial charge in [-0.15, -0.1) is 0 Å². The van der Waals surface area contributed by atoms with E-state index in [4.69, 9.17) is 4.74 Å². The molecule has 0 aliphatic carbocycles. The Hall–Kier alpha value is -2.16. The first kappa shape index (κ1) is 20.9. The Morgan fingerprint density at radius 3 is 2.56 bits per heavy atom. The maximum Gasteiger partial charge on any atom is 0.408 e. The van der Waals surface area contributed by atoms with E-state index in [0.29, 0.717) is 0 Å². The van der Waals surface area contributed by atoms with Crippen LogP contribution in [0, 0.1) is 5.92 Å². The quantitative estimate of drug-likeness (QED) is 0.565. The number of carbonyl (C=O) groups excluding carboxylic acids is 4. The third kappa shape index (κ3) is 6.69. The molecule has 2 unspecified atom stereocenters. The van der Waals surface area contributed by atoms with Gasteiger partial charge in [-0.2, -0.15) is 0 Å². The van der Waals surface area contributed by atoms with Gasteiger partial charge in [-0.1, -0.05) is 0 Å². The van der Waals surface area contributed by atoms with Crippen molar-refractivity contribution in [2.75, 3.05) is 20.2 Å². The monoisotopic (exact) mass is 358 g/mol. The highest BCUT2D eigenvalue weighted by Crippen LogP contribution is 2.29. The number of rotatable bonds is 6. The van der Waals surface area contributed by atoms with E-state index in [2.05, 4.69) is 15.4 Å². The molecule has 1 aliphatic rings. The lowest BCUT2D eigenvalue weighted by atomic mass is 9.76. The molecule has 2 amide bonds. The van der Waals surface area contributed by atoms with Crippen LogP contribution in [0.2, 0.25) is 0 Å². The van der Waals surface area contributed by atoms with Crippen molar-refractivity contribution in [3.05, 3.63) is 0 Å². The van der Waals surface area contributed by atoms with Crippen molar-refractivity contribution < 1.29 is 33.8 Å². The molecule has 0 aromatic rings. The summed E-state index contributed by atoms with van der Waals surface area (Å²) in [5.41, 5.74) is -2.28. The fourth-order valence-electron chi connectivity index (χ4n) is 2.52. The number of Topliss-reactive ketones (excluding diaryl/α,β-unsaturated/α-hetero) is 1. The number of esters is 1. The van der Waals surface area contributed by atoms with Crippen molar-refractivity contribution in [2.45, 2.75) is 51.2 Å². The summed E-state index contributed by atoms with van der Waals surface area (Å²) in [6.07, 6.45) is -1.11. The number of methoxy groups -OCH3 is 1. The molecule has 0 aromatic heterocycles. The number of hydrogen-bond acceptors (Lipinski definition) is 7. The fraction of sp³-hybridized carbons (Fsp3) is 0.750. The average molecular weight is 358 g/mol. The van der Waals surface area contributed by atoms with Crippen molar-refractivity contribution >= 4 is 23.8 Å². The van der Waals surface area contributed by atoms with Crippen LogP contribution >= 0.6 is 0 Å². The Kier molecular flexibility index (Phi) is 6.92. The first-order valence-corrected chi connectivity index (χ1v) is 8.02. The van der Waals surface area contributed by atoms with Gasteiger partial charge < -0.3 is 25.2 Å². The van der Waals surface area contributed by atoms with Gasteiger partial charge in [0.2, 0.25) is 5.91 Å². The van der Waals surface area contributed by atoms with Crippen molar-refractivity contribution in [3.63, 3.8) is 0 Å². The van der Waals surface area contributed by atoms with Crippen LogP contribution in [0.4, 0.5) is 4.79 Å². The predicted molar refractivity (Wildman–Crippen MR) is 86.6 cm³/mol. The Balaban J connectivity index is 2.71. The molecule has 9 nitrogen and oxygen atoms in total. The molecule has 1 aliphatic heterocycles. The summed E-state index contributed by atoms with van der Waals surface area (Å²) in [7, 11) is 1.22. The zero-order valence-electron chi connectivity index (χ0n) is 15.0. The first-order chi connectivity index (χ1) is 11.5. The second-order valence-corrected chi connectivity index (χ2v) is 7.03. The molecule has 0 radical (unpaired) electrons. The van der Waals surface area contributed by atoms with Crippen molar-refractivity contribution in [3.8, 4) is 0 Å². The molecule has 0 saturated carbocycles. The van der Waals surface area contributed by atoms with Gasteiger partial charge in [0.1, 0.15) is 5.60 Å². The van der Waals surface area contributed by atoms with Gasteiger partial charge in [-0.3, -0.25) is 14.4 Å². The Morgan fingerprint density at radius 2 is 2.00 bits per heavy atom. The molecular weight excluding hydrogens is 332 g/mol. The largest absolute Gasteiger partial charge is 0.469 e. The Morgan fingerprint density at radius 1 is 1.36 bits per heavy atom. The number of ether oxygens (including phenoxy) is 2. The zero-order valence-corrected chi connectivity index (χ0v) is 15.0. The molecule has 1 rings (SSSR count). The predicted octanol–water partition coefficient (Wildman–Crippen LogP) is -0.0994. The molecule has 25 heavy (non-hydrogen) atoms. The van der Waals surface area contributed by atoms with Crippen LogP contribution in [0.5, 0.6) is 0 Å². The average Bonchev–Trinajstić information content (AvgIpc) is 2.51. The van der Waals surface area contributed by atoms with Gasteiger partial charge in [0, 0.05) is 19.4 Å². The normalized spacial score (nSPS) is 23.4. The molecular formula is C16H26N2O7. The maximum absolute atomic E-state index is 12.4. The van der Waals surface area contributed by atoms with E-state index >= 15 is 0 Å². The SMILES string of the molecule is COC(=O)CCC1(O)CNC(=O)CC1C(=O)CNC(=O)OC(C)(C)C. The minimum absolute atomic E-state index is 0.0389. The zero-order chi connectivity index (χ0) is 19.3. The van der Waals surface area contributed by atoms with E-state index in [9.17, 15) is 24.3 Å². The second kappa shape index (κ2) is 8.28. The topological polar surface area (TPSA) is 131 Å². The van der Waals surface area contributed by atoms with Gasteiger partial charge in [-0.05, 0) is 27.2 Å². The standard InChI is InChI=1S/C16H26N2O7/c1-15(2,3)25-14(22)17-8-11(19)10-7-12(20)18-9-16(10,23)6-5-13(21)24-4/h10,23H,5-9H2,1-4H3,(H,17,22)(H,18,20). The third-order valence-electron chi connectivity index (χ3n) is 3.81. The van der Waals surface area contributed by atoms with Crippen LogP contribution in [0.15, 0.2) is 0 Å². The number of piperidine rings is 1. The maximum atomic E-state index is 12.4. The fourth-order valence-corrected chi connectivity index (χ4v) is 2.52. The van der Waals surface area contributed by atoms with Gasteiger partial charge >= 0.3 is 12.1 Å². The molecule has 9 heteroatoms. The summed E-state index contributed by atoms with van der Waals surface area (Å²) in [5.74, 6) is -2.43. The number of alkyl carbamates (subject to hydrolysis) is 1.